The monoisotopic (exact) mass is 464 g/mol. The number of pyridine rings is 1. The molecule has 1 amide bonds. The van der Waals surface area contributed by atoms with Crippen molar-refractivity contribution in [3.05, 3.63) is 59.7 Å². The second kappa shape index (κ2) is 10.6. The van der Waals surface area contributed by atoms with Crippen molar-refractivity contribution < 1.29 is 14.3 Å². The van der Waals surface area contributed by atoms with E-state index in [4.69, 9.17) is 9.47 Å². The summed E-state index contributed by atoms with van der Waals surface area (Å²) in [6, 6.07) is 16.1. The molecular weight excluding hydrogens is 436 g/mol. The van der Waals surface area contributed by atoms with E-state index in [1.165, 1.54) is 11.8 Å². The van der Waals surface area contributed by atoms with Gasteiger partial charge in [0.25, 0.3) is 0 Å². The van der Waals surface area contributed by atoms with E-state index in [1.807, 2.05) is 54.6 Å². The molecule has 2 aromatic heterocycles. The van der Waals surface area contributed by atoms with Crippen LogP contribution in [0.2, 0.25) is 0 Å². The molecule has 172 valence electrons. The average molecular weight is 465 g/mol. The lowest BCUT2D eigenvalue weighted by atomic mass is 10.1. The van der Waals surface area contributed by atoms with Gasteiger partial charge in [0, 0.05) is 11.9 Å². The zero-order valence-corrected chi connectivity index (χ0v) is 19.9. The van der Waals surface area contributed by atoms with E-state index in [1.54, 1.807) is 0 Å². The van der Waals surface area contributed by atoms with E-state index in [2.05, 4.69) is 34.6 Å². The summed E-state index contributed by atoms with van der Waals surface area (Å²) in [6.45, 7) is 7.67. The summed E-state index contributed by atoms with van der Waals surface area (Å²) in [7, 11) is 0. The van der Waals surface area contributed by atoms with Crippen LogP contribution in [0.1, 0.15) is 25.0 Å². The van der Waals surface area contributed by atoms with Gasteiger partial charge in [0.15, 0.2) is 22.3 Å². The van der Waals surface area contributed by atoms with Crippen LogP contribution in [0.5, 0.6) is 11.5 Å². The first kappa shape index (κ1) is 22.9. The number of amides is 1. The first-order valence-electron chi connectivity index (χ1n) is 11.1. The fourth-order valence-electron chi connectivity index (χ4n) is 3.75. The summed E-state index contributed by atoms with van der Waals surface area (Å²) in [4.78, 5) is 12.5. The van der Waals surface area contributed by atoms with Crippen LogP contribution in [0, 0.1) is 6.92 Å². The van der Waals surface area contributed by atoms with Crippen molar-refractivity contribution in [1.82, 2.24) is 19.9 Å². The molecule has 0 saturated carbocycles. The standard InChI is InChI=1S/C25H28N4O3S/c1-4-31-21-11-10-18(15-22(21)32-5-2)12-13-26-24(30)16-33-25-28-27-23-14-17(3)19-8-6-7-9-20(19)29(23)25/h6-11,14-15H,4-5,12-13,16H2,1-3H3,(H,26,30). The van der Waals surface area contributed by atoms with Gasteiger partial charge in [0.2, 0.25) is 5.91 Å². The fraction of sp³-hybridized carbons (Fsp3) is 0.320. The van der Waals surface area contributed by atoms with E-state index in [9.17, 15) is 4.79 Å². The van der Waals surface area contributed by atoms with E-state index in [0.717, 1.165) is 39.2 Å². The molecule has 0 radical (unpaired) electrons. The quantitative estimate of drug-likeness (QED) is 0.350. The molecule has 33 heavy (non-hydrogen) atoms. The molecule has 0 aliphatic rings. The first-order valence-corrected chi connectivity index (χ1v) is 12.1. The molecule has 2 heterocycles. The lowest BCUT2D eigenvalue weighted by Gasteiger charge is -2.12. The largest absolute Gasteiger partial charge is 0.490 e. The molecule has 0 spiro atoms. The number of hydrogen-bond acceptors (Lipinski definition) is 6. The van der Waals surface area contributed by atoms with E-state index in [0.29, 0.717) is 31.3 Å². The van der Waals surface area contributed by atoms with Crippen LogP contribution in [-0.4, -0.2) is 46.0 Å². The molecule has 0 aliphatic carbocycles. The SMILES string of the molecule is CCOc1ccc(CCNC(=O)CSc2nnc3cc(C)c4ccccc4n23)cc1OCC. The number of thioether (sulfide) groups is 1. The lowest BCUT2D eigenvalue weighted by molar-refractivity contribution is -0.118. The Morgan fingerprint density at radius 3 is 2.64 bits per heavy atom. The van der Waals surface area contributed by atoms with Gasteiger partial charge in [-0.25, -0.2) is 0 Å². The van der Waals surface area contributed by atoms with Crippen LogP contribution in [-0.2, 0) is 11.2 Å². The van der Waals surface area contributed by atoms with Gasteiger partial charge in [-0.15, -0.1) is 10.2 Å². The smallest absolute Gasteiger partial charge is 0.230 e. The van der Waals surface area contributed by atoms with Crippen LogP contribution in [0.3, 0.4) is 0 Å². The van der Waals surface area contributed by atoms with Crippen molar-refractivity contribution in [1.29, 1.82) is 0 Å². The minimum atomic E-state index is -0.0378. The van der Waals surface area contributed by atoms with Gasteiger partial charge in [0.05, 0.1) is 24.5 Å². The molecule has 0 unspecified atom stereocenters. The molecule has 4 aromatic rings. The van der Waals surface area contributed by atoms with Gasteiger partial charge in [-0.05, 0) is 62.6 Å². The number of fused-ring (bicyclic) bond motifs is 3. The molecular formula is C25H28N4O3S. The summed E-state index contributed by atoms with van der Waals surface area (Å²) >= 11 is 1.39. The summed E-state index contributed by atoms with van der Waals surface area (Å²) in [6.07, 6.45) is 0.709. The van der Waals surface area contributed by atoms with Crippen molar-refractivity contribution in [3.8, 4) is 11.5 Å². The van der Waals surface area contributed by atoms with Gasteiger partial charge >= 0.3 is 0 Å². The van der Waals surface area contributed by atoms with Crippen LogP contribution in [0.4, 0.5) is 0 Å². The van der Waals surface area contributed by atoms with Crippen LogP contribution < -0.4 is 14.8 Å². The zero-order valence-electron chi connectivity index (χ0n) is 19.1. The summed E-state index contributed by atoms with van der Waals surface area (Å²) in [5.41, 5.74) is 4.07. The van der Waals surface area contributed by atoms with Gasteiger partial charge in [-0.1, -0.05) is 36.0 Å². The predicted octanol–water partition coefficient (Wildman–Crippen LogP) is 4.44. The molecule has 0 fully saturated rings. The van der Waals surface area contributed by atoms with Crippen molar-refractivity contribution >= 4 is 34.2 Å². The highest BCUT2D eigenvalue weighted by Gasteiger charge is 2.13. The van der Waals surface area contributed by atoms with Crippen molar-refractivity contribution in [2.24, 2.45) is 0 Å². The molecule has 2 aromatic carbocycles. The first-order chi connectivity index (χ1) is 16.1. The number of rotatable bonds is 10. The number of ether oxygens (including phenoxy) is 2. The van der Waals surface area contributed by atoms with Crippen molar-refractivity contribution in [2.45, 2.75) is 32.3 Å². The maximum Gasteiger partial charge on any atom is 0.230 e. The molecule has 0 bridgehead atoms. The average Bonchev–Trinajstić information content (AvgIpc) is 3.22. The third-order valence-electron chi connectivity index (χ3n) is 5.25. The predicted molar refractivity (Wildman–Crippen MR) is 131 cm³/mol. The van der Waals surface area contributed by atoms with Crippen molar-refractivity contribution in [2.75, 3.05) is 25.5 Å². The van der Waals surface area contributed by atoms with E-state index >= 15 is 0 Å². The van der Waals surface area contributed by atoms with Gasteiger partial charge in [0.1, 0.15) is 0 Å². The van der Waals surface area contributed by atoms with Gasteiger partial charge < -0.3 is 14.8 Å². The number of aromatic nitrogens is 3. The minimum absolute atomic E-state index is 0.0378. The second-order valence-electron chi connectivity index (χ2n) is 7.56. The molecule has 8 heteroatoms. The topological polar surface area (TPSA) is 77.8 Å². The number of nitrogens with zero attached hydrogens (tertiary/aromatic N) is 3. The fourth-order valence-corrected chi connectivity index (χ4v) is 4.53. The lowest BCUT2D eigenvalue weighted by Crippen LogP contribution is -2.27. The highest BCUT2D eigenvalue weighted by molar-refractivity contribution is 7.99. The van der Waals surface area contributed by atoms with Gasteiger partial charge in [-0.2, -0.15) is 0 Å². The van der Waals surface area contributed by atoms with E-state index in [-0.39, 0.29) is 11.7 Å². The highest BCUT2D eigenvalue weighted by atomic mass is 32.2. The number of carbonyl (C=O) groups is 1. The molecule has 0 saturated heterocycles. The number of carbonyl (C=O) groups excluding carboxylic acids is 1. The Bertz CT molecular complexity index is 1270. The maximum atomic E-state index is 12.5. The Morgan fingerprint density at radius 2 is 1.82 bits per heavy atom. The molecule has 7 nitrogen and oxygen atoms in total. The zero-order chi connectivity index (χ0) is 23.2. The Balaban J connectivity index is 1.35. The molecule has 0 atom stereocenters. The molecule has 0 aliphatic heterocycles. The number of para-hydroxylation sites is 1. The Kier molecular flexibility index (Phi) is 7.34. The summed E-state index contributed by atoms with van der Waals surface area (Å²) in [5, 5.41) is 13.5. The van der Waals surface area contributed by atoms with Crippen molar-refractivity contribution in [3.63, 3.8) is 0 Å². The molecule has 4 rings (SSSR count). The van der Waals surface area contributed by atoms with E-state index < -0.39 is 0 Å². The Hall–Kier alpha value is -3.26. The normalized spacial score (nSPS) is 11.1. The maximum absolute atomic E-state index is 12.5. The Morgan fingerprint density at radius 1 is 1.03 bits per heavy atom. The Labute approximate surface area is 197 Å². The highest BCUT2D eigenvalue weighted by Crippen LogP contribution is 2.29. The third-order valence-corrected chi connectivity index (χ3v) is 6.18. The van der Waals surface area contributed by atoms with Crippen LogP contribution >= 0.6 is 11.8 Å². The third kappa shape index (κ3) is 5.22. The molecule has 1 N–H and O–H groups in total. The minimum Gasteiger partial charge on any atom is -0.490 e. The number of nitrogens with one attached hydrogen (secondary N) is 1. The number of benzene rings is 2. The van der Waals surface area contributed by atoms with Crippen LogP contribution in [0.25, 0.3) is 16.6 Å². The van der Waals surface area contributed by atoms with Crippen LogP contribution in [0.15, 0.2) is 53.7 Å². The summed E-state index contributed by atoms with van der Waals surface area (Å²) in [5.74, 6) is 1.71. The van der Waals surface area contributed by atoms with Gasteiger partial charge in [-0.3, -0.25) is 9.20 Å². The summed E-state index contributed by atoms with van der Waals surface area (Å²) < 4.78 is 13.3. The number of aryl methyl sites for hydroxylation is 1. The number of hydrogen-bond donors (Lipinski definition) is 1. The second-order valence-corrected chi connectivity index (χ2v) is 8.50.